The van der Waals surface area contributed by atoms with Crippen LogP contribution in [-0.4, -0.2) is 53.1 Å². The second-order valence-electron chi connectivity index (χ2n) is 8.98. The van der Waals surface area contributed by atoms with E-state index in [1.165, 1.54) is 7.11 Å². The van der Waals surface area contributed by atoms with Crippen LogP contribution in [0.25, 0.3) is 10.9 Å². The molecule has 0 bridgehead atoms. The van der Waals surface area contributed by atoms with Gasteiger partial charge >= 0.3 is 6.03 Å². The Balaban J connectivity index is 1.44. The number of rotatable bonds is 11. The molecule has 3 amide bonds. The molecule has 2 aromatic heterocycles. The van der Waals surface area contributed by atoms with Crippen LogP contribution < -0.4 is 20.7 Å². The highest BCUT2D eigenvalue weighted by Crippen LogP contribution is 2.29. The standard InChI is InChI=1S/C29H33ClN6O3/c1-4-35(5-2)15-13-28(37)34-27-17-20(11-14-31-27)19-36-16-12-22-23(7-6-8-25(22)36)32-29(38)33-24-18-21(30)9-10-26(24)39-3/h6-12,14,16-18H,4-5,13,15,19H2,1-3H3,(H,31,34,37)(H2,32,33,38). The molecule has 0 saturated heterocycles. The van der Waals surface area contributed by atoms with E-state index in [1.54, 1.807) is 24.4 Å². The summed E-state index contributed by atoms with van der Waals surface area (Å²) >= 11 is 6.08. The average molecular weight is 549 g/mol. The van der Waals surface area contributed by atoms with E-state index >= 15 is 0 Å². The van der Waals surface area contributed by atoms with Crippen molar-refractivity contribution in [1.29, 1.82) is 0 Å². The highest BCUT2D eigenvalue weighted by Gasteiger charge is 2.12. The van der Waals surface area contributed by atoms with E-state index in [0.717, 1.165) is 36.1 Å². The van der Waals surface area contributed by atoms with Crippen molar-refractivity contribution in [1.82, 2.24) is 14.5 Å². The van der Waals surface area contributed by atoms with Gasteiger partial charge in [-0.3, -0.25) is 4.79 Å². The molecule has 39 heavy (non-hydrogen) atoms. The fourth-order valence-electron chi connectivity index (χ4n) is 4.37. The first kappa shape index (κ1) is 27.9. The molecule has 0 fully saturated rings. The molecule has 4 rings (SSSR count). The lowest BCUT2D eigenvalue weighted by atomic mass is 10.2. The SMILES string of the molecule is CCN(CC)CCC(=O)Nc1cc(Cn2ccc3c(NC(=O)Nc4cc(Cl)ccc4OC)cccc32)ccn1. The van der Waals surface area contributed by atoms with Crippen molar-refractivity contribution in [2.75, 3.05) is 42.7 Å². The molecule has 0 atom stereocenters. The number of aromatic nitrogens is 2. The summed E-state index contributed by atoms with van der Waals surface area (Å²) in [6, 6.07) is 16.1. The number of urea groups is 1. The lowest BCUT2D eigenvalue weighted by Gasteiger charge is -2.17. The van der Waals surface area contributed by atoms with Crippen LogP contribution in [0.2, 0.25) is 5.02 Å². The molecular formula is C29H33ClN6O3. The summed E-state index contributed by atoms with van der Waals surface area (Å²) < 4.78 is 7.39. The van der Waals surface area contributed by atoms with Gasteiger partial charge in [0, 0.05) is 42.3 Å². The third-order valence-electron chi connectivity index (χ3n) is 6.47. The van der Waals surface area contributed by atoms with Gasteiger partial charge in [0.2, 0.25) is 5.91 Å². The number of hydrogen-bond donors (Lipinski definition) is 3. The van der Waals surface area contributed by atoms with Gasteiger partial charge in [-0.05, 0) is 67.2 Å². The molecule has 0 aliphatic carbocycles. The molecule has 9 nitrogen and oxygen atoms in total. The van der Waals surface area contributed by atoms with Crippen LogP contribution in [0.15, 0.2) is 67.0 Å². The number of amides is 3. The average Bonchev–Trinajstić information content (AvgIpc) is 3.33. The number of halogens is 1. The number of carbonyl (C=O) groups is 2. The van der Waals surface area contributed by atoms with Crippen molar-refractivity contribution >= 4 is 51.6 Å². The minimum absolute atomic E-state index is 0.0534. The lowest BCUT2D eigenvalue weighted by Crippen LogP contribution is -2.27. The van der Waals surface area contributed by atoms with E-state index in [1.807, 2.05) is 42.6 Å². The minimum atomic E-state index is -0.411. The third kappa shape index (κ3) is 7.28. The molecule has 0 aliphatic rings. The van der Waals surface area contributed by atoms with Gasteiger partial charge in [-0.2, -0.15) is 0 Å². The fourth-order valence-corrected chi connectivity index (χ4v) is 4.54. The van der Waals surface area contributed by atoms with Gasteiger partial charge in [0.15, 0.2) is 0 Å². The van der Waals surface area contributed by atoms with E-state index in [-0.39, 0.29) is 5.91 Å². The fraction of sp³-hybridized carbons (Fsp3) is 0.276. The predicted molar refractivity (Wildman–Crippen MR) is 157 cm³/mol. The van der Waals surface area contributed by atoms with Gasteiger partial charge in [-0.25, -0.2) is 9.78 Å². The predicted octanol–water partition coefficient (Wildman–Crippen LogP) is 6.06. The van der Waals surface area contributed by atoms with Crippen LogP contribution in [0, 0.1) is 0 Å². The zero-order valence-electron chi connectivity index (χ0n) is 22.3. The highest BCUT2D eigenvalue weighted by atomic mass is 35.5. The smallest absolute Gasteiger partial charge is 0.323 e. The normalized spacial score (nSPS) is 11.0. The van der Waals surface area contributed by atoms with Crippen molar-refractivity contribution in [2.45, 2.75) is 26.8 Å². The second-order valence-corrected chi connectivity index (χ2v) is 9.42. The maximum atomic E-state index is 12.8. The van der Waals surface area contributed by atoms with Crippen LogP contribution >= 0.6 is 11.6 Å². The number of nitrogens with zero attached hydrogens (tertiary/aromatic N) is 3. The molecule has 0 aliphatic heterocycles. The number of pyridine rings is 1. The lowest BCUT2D eigenvalue weighted by molar-refractivity contribution is -0.116. The van der Waals surface area contributed by atoms with Crippen LogP contribution in [0.3, 0.4) is 0 Å². The summed E-state index contributed by atoms with van der Waals surface area (Å²) in [7, 11) is 1.53. The van der Waals surface area contributed by atoms with Crippen molar-refractivity contribution in [3.05, 3.63) is 77.6 Å². The third-order valence-corrected chi connectivity index (χ3v) is 6.70. The Morgan fingerprint density at radius 2 is 1.79 bits per heavy atom. The Morgan fingerprint density at radius 1 is 1.00 bits per heavy atom. The van der Waals surface area contributed by atoms with Gasteiger partial charge in [-0.1, -0.05) is 31.5 Å². The van der Waals surface area contributed by atoms with Crippen molar-refractivity contribution in [3.8, 4) is 5.75 Å². The molecular weight excluding hydrogens is 516 g/mol. The van der Waals surface area contributed by atoms with E-state index in [0.29, 0.717) is 40.9 Å². The summed E-state index contributed by atoms with van der Waals surface area (Å²) in [5, 5.41) is 10.0. The quantitative estimate of drug-likeness (QED) is 0.211. The van der Waals surface area contributed by atoms with Crippen LogP contribution in [0.1, 0.15) is 25.8 Å². The first-order chi connectivity index (χ1) is 18.9. The zero-order chi connectivity index (χ0) is 27.8. The molecule has 3 N–H and O–H groups in total. The Labute approximate surface area is 233 Å². The van der Waals surface area contributed by atoms with Crippen molar-refractivity contribution < 1.29 is 14.3 Å². The monoisotopic (exact) mass is 548 g/mol. The molecule has 0 radical (unpaired) electrons. The summed E-state index contributed by atoms with van der Waals surface area (Å²) in [5.41, 5.74) is 3.09. The number of benzene rings is 2. The number of fused-ring (bicyclic) bond motifs is 1. The van der Waals surface area contributed by atoms with Crippen LogP contribution in [0.5, 0.6) is 5.75 Å². The van der Waals surface area contributed by atoms with Crippen LogP contribution in [-0.2, 0) is 11.3 Å². The Hall–Kier alpha value is -4.08. The summed E-state index contributed by atoms with van der Waals surface area (Å²) in [6.45, 7) is 7.30. The van der Waals surface area contributed by atoms with Gasteiger partial charge in [0.1, 0.15) is 11.6 Å². The molecule has 0 saturated carbocycles. The van der Waals surface area contributed by atoms with E-state index in [4.69, 9.17) is 16.3 Å². The number of methoxy groups -OCH3 is 1. The largest absolute Gasteiger partial charge is 0.495 e. The summed E-state index contributed by atoms with van der Waals surface area (Å²) in [6.07, 6.45) is 4.09. The van der Waals surface area contributed by atoms with E-state index in [9.17, 15) is 9.59 Å². The minimum Gasteiger partial charge on any atom is -0.495 e. The Bertz CT molecular complexity index is 1450. The molecule has 4 aromatic rings. The second kappa shape index (κ2) is 13.1. The first-order valence-corrected chi connectivity index (χ1v) is 13.2. The first-order valence-electron chi connectivity index (χ1n) is 12.9. The Morgan fingerprint density at radius 3 is 2.56 bits per heavy atom. The van der Waals surface area contributed by atoms with Crippen molar-refractivity contribution in [3.63, 3.8) is 0 Å². The summed E-state index contributed by atoms with van der Waals surface area (Å²) in [5.74, 6) is 0.988. The topological polar surface area (TPSA) is 101 Å². The van der Waals surface area contributed by atoms with Gasteiger partial charge in [0.05, 0.1) is 24.0 Å². The maximum absolute atomic E-state index is 12.8. The number of anilines is 3. The highest BCUT2D eigenvalue weighted by molar-refractivity contribution is 6.31. The molecule has 0 spiro atoms. The Kier molecular flexibility index (Phi) is 9.40. The number of hydrogen-bond acceptors (Lipinski definition) is 5. The number of carbonyl (C=O) groups excluding carboxylic acids is 2. The van der Waals surface area contributed by atoms with E-state index < -0.39 is 6.03 Å². The number of nitrogens with one attached hydrogen (secondary N) is 3. The zero-order valence-corrected chi connectivity index (χ0v) is 23.1. The summed E-state index contributed by atoms with van der Waals surface area (Å²) in [4.78, 5) is 31.7. The van der Waals surface area contributed by atoms with Crippen molar-refractivity contribution in [2.24, 2.45) is 0 Å². The molecule has 2 aromatic carbocycles. The number of ether oxygens (including phenoxy) is 1. The molecule has 0 unspecified atom stereocenters. The molecule has 10 heteroatoms. The van der Waals surface area contributed by atoms with Crippen LogP contribution in [0.4, 0.5) is 22.0 Å². The van der Waals surface area contributed by atoms with Gasteiger partial charge in [-0.15, -0.1) is 0 Å². The van der Waals surface area contributed by atoms with Gasteiger partial charge < -0.3 is 30.2 Å². The maximum Gasteiger partial charge on any atom is 0.323 e. The molecule has 204 valence electrons. The molecule has 2 heterocycles. The van der Waals surface area contributed by atoms with E-state index in [2.05, 4.69) is 44.2 Å². The van der Waals surface area contributed by atoms with Gasteiger partial charge in [0.25, 0.3) is 0 Å².